The van der Waals surface area contributed by atoms with E-state index in [1.807, 2.05) is 24.4 Å². The molecule has 4 rings (SSSR count). The molecule has 0 amide bonds. The van der Waals surface area contributed by atoms with Crippen LogP contribution in [-0.4, -0.2) is 11.8 Å². The Morgan fingerprint density at radius 2 is 1.75 bits per heavy atom. The Labute approximate surface area is 116 Å². The summed E-state index contributed by atoms with van der Waals surface area (Å²) in [6.07, 6.45) is 2.74. The second-order valence-electron chi connectivity index (χ2n) is 4.86. The first kappa shape index (κ1) is 11.3. The molecule has 0 radical (unpaired) electrons. The average Bonchev–Trinajstić information content (AvgIpc) is 2.94. The van der Waals surface area contributed by atoms with Crippen molar-refractivity contribution in [3.05, 3.63) is 65.9 Å². The van der Waals surface area contributed by atoms with Crippen LogP contribution in [0.15, 0.2) is 54.7 Å². The molecule has 3 aromatic rings. The minimum atomic E-state index is 0.291. The van der Waals surface area contributed by atoms with Crippen LogP contribution in [0.1, 0.15) is 11.1 Å². The maximum absolute atomic E-state index is 5.46. The van der Waals surface area contributed by atoms with Crippen LogP contribution in [0.2, 0.25) is 0 Å². The highest BCUT2D eigenvalue weighted by molar-refractivity contribution is 5.86. The third-order valence-corrected chi connectivity index (χ3v) is 3.56. The van der Waals surface area contributed by atoms with Crippen molar-refractivity contribution in [3.63, 3.8) is 0 Å². The topological polar surface area (TPSA) is 31.4 Å². The fraction of sp³-hybridized carbons (Fsp3) is 0.118. The van der Waals surface area contributed by atoms with E-state index in [-0.39, 0.29) is 0 Å². The predicted molar refractivity (Wildman–Crippen MR) is 77.1 cm³/mol. The quantitative estimate of drug-likeness (QED) is 0.708. The minimum absolute atomic E-state index is 0.291. The van der Waals surface area contributed by atoms with Crippen molar-refractivity contribution in [2.24, 2.45) is 0 Å². The van der Waals surface area contributed by atoms with Crippen LogP contribution in [-0.2, 0) is 6.42 Å². The second-order valence-corrected chi connectivity index (χ2v) is 4.86. The first-order chi connectivity index (χ1) is 9.90. The van der Waals surface area contributed by atoms with Crippen LogP contribution in [0.25, 0.3) is 10.9 Å². The van der Waals surface area contributed by atoms with Gasteiger partial charge in [-0.25, -0.2) is 0 Å². The fourth-order valence-electron chi connectivity index (χ4n) is 2.56. The number of pyridine rings is 1. The van der Waals surface area contributed by atoms with Crippen LogP contribution in [0.5, 0.6) is 11.5 Å². The molecule has 0 N–H and O–H groups in total. The zero-order valence-electron chi connectivity index (χ0n) is 10.9. The van der Waals surface area contributed by atoms with Gasteiger partial charge in [0.2, 0.25) is 6.79 Å². The van der Waals surface area contributed by atoms with Crippen molar-refractivity contribution in [2.75, 3.05) is 6.79 Å². The third-order valence-electron chi connectivity index (χ3n) is 3.56. The molecule has 0 atom stereocenters. The largest absolute Gasteiger partial charge is 0.454 e. The Kier molecular flexibility index (Phi) is 2.56. The molecule has 98 valence electrons. The van der Waals surface area contributed by atoms with Crippen molar-refractivity contribution in [2.45, 2.75) is 6.42 Å². The fourth-order valence-corrected chi connectivity index (χ4v) is 2.56. The van der Waals surface area contributed by atoms with Crippen LogP contribution < -0.4 is 9.47 Å². The number of nitrogens with zero attached hydrogens (tertiary/aromatic N) is 1. The van der Waals surface area contributed by atoms with Crippen molar-refractivity contribution < 1.29 is 9.47 Å². The van der Waals surface area contributed by atoms with Gasteiger partial charge >= 0.3 is 0 Å². The molecule has 3 nitrogen and oxygen atoms in total. The summed E-state index contributed by atoms with van der Waals surface area (Å²) in [7, 11) is 0. The number of benzene rings is 2. The van der Waals surface area contributed by atoms with Gasteiger partial charge in [-0.3, -0.25) is 4.98 Å². The van der Waals surface area contributed by atoms with Gasteiger partial charge in [-0.1, -0.05) is 30.3 Å². The van der Waals surface area contributed by atoms with E-state index in [0.717, 1.165) is 28.8 Å². The monoisotopic (exact) mass is 263 g/mol. The van der Waals surface area contributed by atoms with Crippen molar-refractivity contribution in [3.8, 4) is 11.5 Å². The van der Waals surface area contributed by atoms with Crippen molar-refractivity contribution in [1.29, 1.82) is 0 Å². The molecular weight excluding hydrogens is 250 g/mol. The average molecular weight is 263 g/mol. The molecule has 0 bridgehead atoms. The molecular formula is C17H13NO2. The smallest absolute Gasteiger partial charge is 0.231 e. The van der Waals surface area contributed by atoms with Gasteiger partial charge in [-0.2, -0.15) is 0 Å². The molecule has 2 aromatic carbocycles. The number of hydrogen-bond donors (Lipinski definition) is 0. The second kappa shape index (κ2) is 4.53. The molecule has 2 heterocycles. The van der Waals surface area contributed by atoms with Crippen molar-refractivity contribution in [1.82, 2.24) is 4.98 Å². The van der Waals surface area contributed by atoms with E-state index in [4.69, 9.17) is 9.47 Å². The summed E-state index contributed by atoms with van der Waals surface area (Å²) in [5.74, 6) is 1.58. The van der Waals surface area contributed by atoms with E-state index in [0.29, 0.717) is 6.79 Å². The van der Waals surface area contributed by atoms with Gasteiger partial charge in [0.25, 0.3) is 0 Å². The molecule has 0 spiro atoms. The first-order valence-corrected chi connectivity index (χ1v) is 6.61. The van der Waals surface area contributed by atoms with E-state index >= 15 is 0 Å². The van der Waals surface area contributed by atoms with E-state index in [1.54, 1.807) is 0 Å². The molecule has 1 aliphatic rings. The summed E-state index contributed by atoms with van der Waals surface area (Å²) >= 11 is 0. The van der Waals surface area contributed by atoms with E-state index < -0.39 is 0 Å². The van der Waals surface area contributed by atoms with Crippen LogP contribution in [0.4, 0.5) is 0 Å². The molecule has 0 aliphatic carbocycles. The summed E-state index contributed by atoms with van der Waals surface area (Å²) in [4.78, 5) is 4.43. The van der Waals surface area contributed by atoms with E-state index in [1.165, 1.54) is 11.1 Å². The number of rotatable bonds is 2. The molecule has 0 unspecified atom stereocenters. The summed E-state index contributed by atoms with van der Waals surface area (Å²) in [6, 6.07) is 16.5. The zero-order valence-corrected chi connectivity index (χ0v) is 10.9. The van der Waals surface area contributed by atoms with Crippen LogP contribution in [0, 0.1) is 0 Å². The summed E-state index contributed by atoms with van der Waals surface area (Å²) in [5, 5.41) is 1.13. The van der Waals surface area contributed by atoms with Gasteiger partial charge in [0, 0.05) is 17.6 Å². The van der Waals surface area contributed by atoms with E-state index in [9.17, 15) is 0 Å². The first-order valence-electron chi connectivity index (χ1n) is 6.61. The predicted octanol–water partition coefficient (Wildman–Crippen LogP) is 3.55. The minimum Gasteiger partial charge on any atom is -0.454 e. The lowest BCUT2D eigenvalue weighted by Gasteiger charge is -2.07. The van der Waals surface area contributed by atoms with Gasteiger partial charge in [0.05, 0.1) is 5.52 Å². The molecule has 20 heavy (non-hydrogen) atoms. The lowest BCUT2D eigenvalue weighted by molar-refractivity contribution is 0.174. The van der Waals surface area contributed by atoms with E-state index in [2.05, 4.69) is 35.3 Å². The van der Waals surface area contributed by atoms with Gasteiger partial charge in [0.15, 0.2) is 11.5 Å². The highest BCUT2D eigenvalue weighted by Gasteiger charge is 2.16. The Morgan fingerprint density at radius 3 is 2.60 bits per heavy atom. The SMILES string of the molecule is c1ccc(Cc2ccnc3cc4c(cc23)OCO4)cc1. The molecule has 0 saturated heterocycles. The number of ether oxygens (including phenoxy) is 2. The number of fused-ring (bicyclic) bond motifs is 2. The Hall–Kier alpha value is -2.55. The number of aromatic nitrogens is 1. The highest BCUT2D eigenvalue weighted by atomic mass is 16.7. The zero-order chi connectivity index (χ0) is 13.4. The lowest BCUT2D eigenvalue weighted by atomic mass is 10.0. The highest BCUT2D eigenvalue weighted by Crippen LogP contribution is 2.36. The molecule has 3 heteroatoms. The number of hydrogen-bond acceptors (Lipinski definition) is 3. The van der Waals surface area contributed by atoms with Crippen LogP contribution >= 0.6 is 0 Å². The Morgan fingerprint density at radius 1 is 0.950 bits per heavy atom. The maximum atomic E-state index is 5.46. The Bertz CT molecular complexity index is 769. The molecule has 0 saturated carbocycles. The summed E-state index contributed by atoms with van der Waals surface area (Å²) in [6.45, 7) is 0.291. The van der Waals surface area contributed by atoms with Gasteiger partial charge in [0.1, 0.15) is 0 Å². The van der Waals surface area contributed by atoms with Gasteiger partial charge < -0.3 is 9.47 Å². The van der Waals surface area contributed by atoms with Gasteiger partial charge in [-0.15, -0.1) is 0 Å². The molecule has 0 fully saturated rings. The van der Waals surface area contributed by atoms with Crippen molar-refractivity contribution >= 4 is 10.9 Å². The lowest BCUT2D eigenvalue weighted by Crippen LogP contribution is -1.92. The standard InChI is InChI=1S/C17H13NO2/c1-2-4-12(5-3-1)8-13-6-7-18-15-10-17-16(9-14(13)15)19-11-20-17/h1-7,9-10H,8,11H2. The summed E-state index contributed by atoms with van der Waals surface area (Å²) < 4.78 is 10.9. The maximum Gasteiger partial charge on any atom is 0.231 e. The molecule has 1 aromatic heterocycles. The van der Waals surface area contributed by atoms with Gasteiger partial charge in [-0.05, 0) is 29.7 Å². The van der Waals surface area contributed by atoms with Crippen LogP contribution in [0.3, 0.4) is 0 Å². The summed E-state index contributed by atoms with van der Waals surface area (Å²) in [5.41, 5.74) is 3.49. The molecule has 1 aliphatic heterocycles. The Balaban J connectivity index is 1.83. The normalized spacial score (nSPS) is 12.8. The third kappa shape index (κ3) is 1.88.